The van der Waals surface area contributed by atoms with E-state index in [1.54, 1.807) is 30.3 Å². The lowest BCUT2D eigenvalue weighted by Crippen LogP contribution is -2.20. The van der Waals surface area contributed by atoms with Crippen LogP contribution in [0.1, 0.15) is 5.56 Å². The van der Waals surface area contributed by atoms with Gasteiger partial charge in [0.2, 0.25) is 5.82 Å². The molecule has 0 aliphatic heterocycles. The fourth-order valence-electron chi connectivity index (χ4n) is 3.24. The van der Waals surface area contributed by atoms with Crippen LogP contribution in [0.5, 0.6) is 11.5 Å². The second-order valence-electron chi connectivity index (χ2n) is 6.71. The summed E-state index contributed by atoms with van der Waals surface area (Å²) < 4.78 is 7.06. The van der Waals surface area contributed by atoms with E-state index >= 15 is 0 Å². The van der Waals surface area contributed by atoms with Gasteiger partial charge in [0.05, 0.1) is 17.1 Å². The van der Waals surface area contributed by atoms with Gasteiger partial charge in [0.1, 0.15) is 17.1 Å². The number of rotatable bonds is 3. The van der Waals surface area contributed by atoms with Crippen LogP contribution in [0.25, 0.3) is 33.5 Å². The van der Waals surface area contributed by atoms with Gasteiger partial charge in [0, 0.05) is 17.0 Å². The molecule has 0 fully saturated rings. The first-order chi connectivity index (χ1) is 14.6. The minimum absolute atomic E-state index is 0.0721. The quantitative estimate of drug-likeness (QED) is 0.446. The van der Waals surface area contributed by atoms with Crippen LogP contribution in [-0.4, -0.2) is 26.1 Å². The predicted molar refractivity (Wildman–Crippen MR) is 114 cm³/mol. The molecular formula is C23H15N3O4. The van der Waals surface area contributed by atoms with Crippen molar-refractivity contribution in [2.24, 2.45) is 5.10 Å². The van der Waals surface area contributed by atoms with Gasteiger partial charge in [0.25, 0.3) is 5.56 Å². The molecule has 0 atom stereocenters. The summed E-state index contributed by atoms with van der Waals surface area (Å²) in [6, 6.07) is 20.4. The lowest BCUT2D eigenvalue weighted by atomic mass is 10.2. The maximum Gasteiger partial charge on any atom is 0.282 e. The molecule has 2 aromatic heterocycles. The molecule has 0 spiro atoms. The van der Waals surface area contributed by atoms with Crippen LogP contribution in [-0.2, 0) is 0 Å². The van der Waals surface area contributed by atoms with Crippen LogP contribution in [0.3, 0.4) is 0 Å². The Morgan fingerprint density at radius 1 is 0.967 bits per heavy atom. The van der Waals surface area contributed by atoms with Crippen LogP contribution < -0.4 is 5.56 Å². The summed E-state index contributed by atoms with van der Waals surface area (Å²) in [5, 5.41) is 25.0. The van der Waals surface area contributed by atoms with Gasteiger partial charge in [-0.25, -0.2) is 4.98 Å². The number of nitrogens with zero attached hydrogens (tertiary/aromatic N) is 3. The highest BCUT2D eigenvalue weighted by Crippen LogP contribution is 2.27. The first-order valence-electron chi connectivity index (χ1n) is 9.17. The number of para-hydroxylation sites is 2. The Kier molecular flexibility index (Phi) is 4.07. The normalized spacial score (nSPS) is 11.6. The molecule has 146 valence electrons. The van der Waals surface area contributed by atoms with Crippen LogP contribution in [0.15, 0.2) is 87.1 Å². The van der Waals surface area contributed by atoms with Crippen molar-refractivity contribution in [1.29, 1.82) is 0 Å². The van der Waals surface area contributed by atoms with Crippen molar-refractivity contribution in [2.75, 3.05) is 0 Å². The van der Waals surface area contributed by atoms with Crippen molar-refractivity contribution < 1.29 is 14.6 Å². The largest absolute Gasteiger partial charge is 0.508 e. The Morgan fingerprint density at radius 3 is 2.60 bits per heavy atom. The van der Waals surface area contributed by atoms with Crippen molar-refractivity contribution in [2.45, 2.75) is 0 Å². The summed E-state index contributed by atoms with van der Waals surface area (Å²) in [5.74, 6) is 0.401. The lowest BCUT2D eigenvalue weighted by Gasteiger charge is -2.07. The Morgan fingerprint density at radius 2 is 1.77 bits per heavy atom. The zero-order chi connectivity index (χ0) is 20.7. The van der Waals surface area contributed by atoms with Crippen molar-refractivity contribution in [1.82, 2.24) is 9.66 Å². The van der Waals surface area contributed by atoms with Gasteiger partial charge in [-0.05, 0) is 36.4 Å². The van der Waals surface area contributed by atoms with E-state index in [1.165, 1.54) is 24.4 Å². The number of phenols is 2. The summed E-state index contributed by atoms with van der Waals surface area (Å²) >= 11 is 0. The second-order valence-corrected chi connectivity index (χ2v) is 6.71. The first kappa shape index (κ1) is 17.7. The fourth-order valence-corrected chi connectivity index (χ4v) is 3.24. The summed E-state index contributed by atoms with van der Waals surface area (Å²) in [6.45, 7) is 0. The zero-order valence-corrected chi connectivity index (χ0v) is 15.6. The Hall–Kier alpha value is -4.39. The summed E-state index contributed by atoms with van der Waals surface area (Å²) in [7, 11) is 0. The molecule has 0 amide bonds. The van der Waals surface area contributed by atoms with Crippen molar-refractivity contribution in [3.63, 3.8) is 0 Å². The molecule has 0 aliphatic rings. The molecule has 0 radical (unpaired) electrons. The number of aromatic nitrogens is 2. The molecule has 7 nitrogen and oxygen atoms in total. The molecule has 3 aromatic carbocycles. The molecule has 2 heterocycles. The number of furan rings is 1. The van der Waals surface area contributed by atoms with Crippen molar-refractivity contribution >= 4 is 28.1 Å². The van der Waals surface area contributed by atoms with Crippen molar-refractivity contribution in [3.8, 4) is 23.1 Å². The van der Waals surface area contributed by atoms with E-state index in [9.17, 15) is 15.0 Å². The SMILES string of the molecule is O=c1c2ccccc2nc(-c2cc3ccccc3o2)n1N=Cc1ccc(O)cc1O. The van der Waals surface area contributed by atoms with Crippen LogP contribution in [0.4, 0.5) is 0 Å². The fraction of sp³-hybridized carbons (Fsp3) is 0. The highest BCUT2D eigenvalue weighted by molar-refractivity contribution is 5.86. The summed E-state index contributed by atoms with van der Waals surface area (Å²) in [4.78, 5) is 17.8. The summed E-state index contributed by atoms with van der Waals surface area (Å²) in [6.07, 6.45) is 1.33. The van der Waals surface area contributed by atoms with Gasteiger partial charge >= 0.3 is 0 Å². The molecule has 5 aromatic rings. The first-order valence-corrected chi connectivity index (χ1v) is 9.17. The van der Waals surface area contributed by atoms with Gasteiger partial charge < -0.3 is 14.6 Å². The monoisotopic (exact) mass is 397 g/mol. The Balaban J connectivity index is 1.74. The maximum absolute atomic E-state index is 13.2. The Bertz CT molecular complexity index is 1460. The number of hydrogen-bond donors (Lipinski definition) is 2. The van der Waals surface area contributed by atoms with Crippen LogP contribution in [0, 0.1) is 0 Å². The smallest absolute Gasteiger partial charge is 0.282 e. The van der Waals surface area contributed by atoms with Crippen molar-refractivity contribution in [3.05, 3.63) is 88.7 Å². The van der Waals surface area contributed by atoms with Crippen LogP contribution >= 0.6 is 0 Å². The number of phenolic OH excluding ortho intramolecular Hbond substituents is 2. The molecule has 0 aliphatic carbocycles. The zero-order valence-electron chi connectivity index (χ0n) is 15.6. The van der Waals surface area contributed by atoms with Gasteiger partial charge in [-0.1, -0.05) is 30.3 Å². The highest BCUT2D eigenvalue weighted by atomic mass is 16.3. The average molecular weight is 397 g/mol. The minimum Gasteiger partial charge on any atom is -0.508 e. The summed E-state index contributed by atoms with van der Waals surface area (Å²) in [5.41, 5.74) is 1.16. The van der Waals surface area contributed by atoms with E-state index in [0.29, 0.717) is 27.8 Å². The molecule has 5 rings (SSSR count). The number of fused-ring (bicyclic) bond motifs is 2. The van der Waals surface area contributed by atoms with Crippen LogP contribution in [0.2, 0.25) is 0 Å². The molecule has 0 bridgehead atoms. The molecule has 7 heteroatoms. The molecular weight excluding hydrogens is 382 g/mol. The van der Waals surface area contributed by atoms with E-state index in [1.807, 2.05) is 24.3 Å². The van der Waals surface area contributed by atoms with E-state index in [4.69, 9.17) is 4.42 Å². The third-order valence-corrected chi connectivity index (χ3v) is 4.73. The van der Waals surface area contributed by atoms with E-state index in [2.05, 4.69) is 10.1 Å². The number of hydrogen-bond acceptors (Lipinski definition) is 6. The Labute approximate surface area is 169 Å². The van der Waals surface area contributed by atoms with Gasteiger partial charge in [0.15, 0.2) is 5.76 Å². The van der Waals surface area contributed by atoms with Gasteiger partial charge in [-0.3, -0.25) is 4.79 Å². The number of aromatic hydroxyl groups is 2. The van der Waals surface area contributed by atoms with Gasteiger partial charge in [-0.2, -0.15) is 9.78 Å². The topological polar surface area (TPSA) is 101 Å². The third kappa shape index (κ3) is 2.98. The molecule has 2 N–H and O–H groups in total. The van der Waals surface area contributed by atoms with E-state index in [-0.39, 0.29) is 22.9 Å². The van der Waals surface area contributed by atoms with Gasteiger partial charge in [-0.15, -0.1) is 0 Å². The predicted octanol–water partition coefficient (Wildman–Crippen LogP) is 4.10. The molecule has 0 unspecified atom stereocenters. The minimum atomic E-state index is -0.370. The lowest BCUT2D eigenvalue weighted by molar-refractivity contribution is 0.450. The maximum atomic E-state index is 13.2. The third-order valence-electron chi connectivity index (χ3n) is 4.73. The molecule has 0 saturated carbocycles. The molecule has 30 heavy (non-hydrogen) atoms. The average Bonchev–Trinajstić information content (AvgIpc) is 3.18. The number of benzene rings is 3. The highest BCUT2D eigenvalue weighted by Gasteiger charge is 2.16. The second kappa shape index (κ2) is 6.89. The standard InChI is InChI=1S/C23H15N3O4/c27-16-10-9-15(19(28)12-16)13-24-26-22(21-11-14-5-1-4-8-20(14)30-21)25-18-7-3-2-6-17(18)23(26)29/h1-13,27-28H. The van der Waals surface area contributed by atoms with E-state index < -0.39 is 0 Å². The van der Waals surface area contributed by atoms with E-state index in [0.717, 1.165) is 10.1 Å². The molecule has 0 saturated heterocycles.